The molecule has 2 fully saturated rings. The van der Waals surface area contributed by atoms with Crippen LogP contribution >= 0.6 is 11.6 Å². The summed E-state index contributed by atoms with van der Waals surface area (Å²) in [7, 11) is 1.51. The van der Waals surface area contributed by atoms with Crippen LogP contribution in [0.25, 0.3) is 0 Å². The van der Waals surface area contributed by atoms with Crippen molar-refractivity contribution in [2.75, 3.05) is 13.7 Å². The van der Waals surface area contributed by atoms with Gasteiger partial charge in [-0.25, -0.2) is 0 Å². The Labute approximate surface area is 122 Å². The number of hydrogen-bond acceptors (Lipinski definition) is 4. The van der Waals surface area contributed by atoms with Crippen LogP contribution in [0.5, 0.6) is 5.75 Å². The lowest BCUT2D eigenvalue weighted by Crippen LogP contribution is -2.68. The minimum absolute atomic E-state index is 0.0373. The van der Waals surface area contributed by atoms with Crippen LogP contribution < -0.4 is 15.8 Å². The summed E-state index contributed by atoms with van der Waals surface area (Å²) in [6.45, 7) is 0.722. The lowest BCUT2D eigenvalue weighted by Gasteiger charge is -2.45. The van der Waals surface area contributed by atoms with Gasteiger partial charge in [0.05, 0.1) is 24.8 Å². The second-order valence-electron chi connectivity index (χ2n) is 5.21. The van der Waals surface area contributed by atoms with E-state index in [0.717, 1.165) is 13.0 Å². The highest BCUT2D eigenvalue weighted by atomic mass is 35.5. The maximum absolute atomic E-state index is 12.3. The quantitative estimate of drug-likeness (QED) is 0.879. The van der Waals surface area contributed by atoms with Crippen molar-refractivity contribution < 1.29 is 14.3 Å². The molecule has 4 unspecified atom stereocenters. The van der Waals surface area contributed by atoms with Crippen LogP contribution in [0.2, 0.25) is 5.02 Å². The molecule has 1 saturated heterocycles. The fourth-order valence-electron chi connectivity index (χ4n) is 3.01. The van der Waals surface area contributed by atoms with E-state index in [-0.39, 0.29) is 24.1 Å². The highest BCUT2D eigenvalue weighted by Crippen LogP contribution is 2.38. The summed E-state index contributed by atoms with van der Waals surface area (Å²) in [4.78, 5) is 12.3. The van der Waals surface area contributed by atoms with Crippen molar-refractivity contribution in [2.24, 2.45) is 11.7 Å². The van der Waals surface area contributed by atoms with Crippen molar-refractivity contribution in [3.63, 3.8) is 0 Å². The summed E-state index contributed by atoms with van der Waals surface area (Å²) in [5, 5.41) is 3.46. The Kier molecular flexibility index (Phi) is 3.58. The Bertz CT molecular complexity index is 537. The maximum atomic E-state index is 12.3. The molecule has 1 aliphatic carbocycles. The Morgan fingerprint density at radius 3 is 3.10 bits per heavy atom. The average Bonchev–Trinajstić information content (AvgIpc) is 2.89. The van der Waals surface area contributed by atoms with Crippen LogP contribution in [0.3, 0.4) is 0 Å². The minimum atomic E-state index is -0.215. The third-order valence-corrected chi connectivity index (χ3v) is 4.39. The van der Waals surface area contributed by atoms with E-state index < -0.39 is 0 Å². The van der Waals surface area contributed by atoms with Gasteiger partial charge in [-0.1, -0.05) is 11.6 Å². The van der Waals surface area contributed by atoms with Gasteiger partial charge in [0.2, 0.25) is 0 Å². The van der Waals surface area contributed by atoms with Gasteiger partial charge in [-0.15, -0.1) is 0 Å². The number of methoxy groups -OCH3 is 1. The lowest BCUT2D eigenvalue weighted by molar-refractivity contribution is -0.0161. The molecule has 1 aromatic carbocycles. The molecule has 1 aromatic rings. The van der Waals surface area contributed by atoms with E-state index in [4.69, 9.17) is 26.8 Å². The zero-order valence-electron chi connectivity index (χ0n) is 11.1. The van der Waals surface area contributed by atoms with Gasteiger partial charge in [0.25, 0.3) is 5.91 Å². The molecule has 1 aliphatic heterocycles. The Balaban J connectivity index is 1.74. The number of benzene rings is 1. The van der Waals surface area contributed by atoms with Crippen LogP contribution in [0.4, 0.5) is 0 Å². The number of amides is 1. The van der Waals surface area contributed by atoms with Gasteiger partial charge in [0, 0.05) is 23.6 Å². The molecule has 6 heteroatoms. The molecule has 4 atom stereocenters. The molecule has 2 aliphatic rings. The van der Waals surface area contributed by atoms with Gasteiger partial charge in [-0.3, -0.25) is 4.79 Å². The predicted octanol–water partition coefficient (Wildman–Crippen LogP) is 1.19. The average molecular weight is 297 g/mol. The Morgan fingerprint density at radius 2 is 2.35 bits per heavy atom. The molecule has 108 valence electrons. The van der Waals surface area contributed by atoms with E-state index in [1.165, 1.54) is 7.11 Å². The van der Waals surface area contributed by atoms with E-state index >= 15 is 0 Å². The summed E-state index contributed by atoms with van der Waals surface area (Å²) in [5.74, 6) is 0.604. The largest absolute Gasteiger partial charge is 0.496 e. The fraction of sp³-hybridized carbons (Fsp3) is 0.500. The monoisotopic (exact) mass is 296 g/mol. The summed E-state index contributed by atoms with van der Waals surface area (Å²) in [6.07, 6.45) is 1.02. The van der Waals surface area contributed by atoms with Crippen molar-refractivity contribution in [3.8, 4) is 5.75 Å². The van der Waals surface area contributed by atoms with Crippen molar-refractivity contribution in [2.45, 2.75) is 24.6 Å². The van der Waals surface area contributed by atoms with E-state index in [2.05, 4.69) is 5.32 Å². The molecule has 3 N–H and O–H groups in total. The molecule has 0 aromatic heterocycles. The topological polar surface area (TPSA) is 73.6 Å². The van der Waals surface area contributed by atoms with Gasteiger partial charge in [-0.05, 0) is 24.6 Å². The summed E-state index contributed by atoms with van der Waals surface area (Å²) in [5.41, 5.74) is 6.53. The highest BCUT2D eigenvalue weighted by Gasteiger charge is 2.52. The molecule has 1 amide bonds. The number of carbonyl (C=O) groups excluding carboxylic acids is 1. The van der Waals surface area contributed by atoms with Crippen molar-refractivity contribution in [3.05, 3.63) is 28.8 Å². The van der Waals surface area contributed by atoms with E-state index in [1.807, 2.05) is 0 Å². The number of hydrogen-bond donors (Lipinski definition) is 2. The Hall–Kier alpha value is -1.30. The van der Waals surface area contributed by atoms with E-state index in [0.29, 0.717) is 22.3 Å². The smallest absolute Gasteiger partial charge is 0.255 e. The predicted molar refractivity (Wildman–Crippen MR) is 75.1 cm³/mol. The summed E-state index contributed by atoms with van der Waals surface area (Å²) in [6, 6.07) is 4.76. The minimum Gasteiger partial charge on any atom is -0.496 e. The molecule has 0 radical (unpaired) electrons. The van der Waals surface area contributed by atoms with Crippen LogP contribution in [0, 0.1) is 5.92 Å². The first-order chi connectivity index (χ1) is 9.61. The third-order valence-electron chi connectivity index (χ3n) is 4.15. The molecule has 1 saturated carbocycles. The SMILES string of the molecule is COc1cc(Cl)ccc1C(=O)NC1C(N)C2CCOC21. The zero-order chi connectivity index (χ0) is 14.3. The van der Waals surface area contributed by atoms with Gasteiger partial charge >= 0.3 is 0 Å². The molecule has 0 bridgehead atoms. The highest BCUT2D eigenvalue weighted by molar-refractivity contribution is 6.30. The number of carbonyl (C=O) groups is 1. The number of rotatable bonds is 3. The molecule has 20 heavy (non-hydrogen) atoms. The molecule has 1 heterocycles. The zero-order valence-corrected chi connectivity index (χ0v) is 11.9. The normalized spacial score (nSPS) is 31.4. The van der Waals surface area contributed by atoms with Crippen LogP contribution in [0.1, 0.15) is 16.8 Å². The van der Waals surface area contributed by atoms with Gasteiger partial charge in [0.15, 0.2) is 0 Å². The van der Waals surface area contributed by atoms with Crippen LogP contribution in [-0.2, 0) is 4.74 Å². The molecule has 5 nitrogen and oxygen atoms in total. The van der Waals surface area contributed by atoms with Gasteiger partial charge in [0.1, 0.15) is 5.75 Å². The number of nitrogens with one attached hydrogen (secondary N) is 1. The number of fused-ring (bicyclic) bond motifs is 1. The maximum Gasteiger partial charge on any atom is 0.255 e. The van der Waals surface area contributed by atoms with E-state index in [1.54, 1.807) is 18.2 Å². The van der Waals surface area contributed by atoms with Crippen LogP contribution in [-0.4, -0.2) is 37.8 Å². The first-order valence-electron chi connectivity index (χ1n) is 6.63. The van der Waals surface area contributed by atoms with Crippen molar-refractivity contribution in [1.29, 1.82) is 0 Å². The Morgan fingerprint density at radius 1 is 1.55 bits per heavy atom. The molecular weight excluding hydrogens is 280 g/mol. The fourth-order valence-corrected chi connectivity index (χ4v) is 3.17. The van der Waals surface area contributed by atoms with Crippen LogP contribution in [0.15, 0.2) is 18.2 Å². The standard InChI is InChI=1S/C14H17ClN2O3/c1-19-10-6-7(15)2-3-8(10)14(18)17-12-11(16)9-4-5-20-13(9)12/h2-3,6,9,11-13H,4-5,16H2,1H3,(H,17,18). The second kappa shape index (κ2) is 5.24. The van der Waals surface area contributed by atoms with Crippen molar-refractivity contribution >= 4 is 17.5 Å². The lowest BCUT2D eigenvalue weighted by atomic mass is 9.72. The number of halogens is 1. The molecular formula is C14H17ClN2O3. The first-order valence-corrected chi connectivity index (χ1v) is 7.01. The molecule has 3 rings (SSSR count). The number of ether oxygens (including phenoxy) is 2. The van der Waals surface area contributed by atoms with Gasteiger partial charge < -0.3 is 20.5 Å². The third kappa shape index (κ3) is 2.16. The second-order valence-corrected chi connectivity index (χ2v) is 5.65. The molecule has 0 spiro atoms. The van der Waals surface area contributed by atoms with Crippen molar-refractivity contribution in [1.82, 2.24) is 5.32 Å². The number of nitrogens with two attached hydrogens (primary N) is 1. The van der Waals surface area contributed by atoms with Gasteiger partial charge in [-0.2, -0.15) is 0 Å². The first kappa shape index (κ1) is 13.7. The summed E-state index contributed by atoms with van der Waals surface area (Å²) >= 11 is 5.89. The summed E-state index contributed by atoms with van der Waals surface area (Å²) < 4.78 is 10.8. The van der Waals surface area contributed by atoms with E-state index in [9.17, 15) is 4.79 Å².